The lowest BCUT2D eigenvalue weighted by Gasteiger charge is -2.15. The zero-order valence-corrected chi connectivity index (χ0v) is 10.6. The zero-order chi connectivity index (χ0) is 12.4. The maximum Gasteiger partial charge on any atom is 0.251 e. The van der Waals surface area contributed by atoms with Crippen LogP contribution in [0.2, 0.25) is 0 Å². The summed E-state index contributed by atoms with van der Waals surface area (Å²) in [6.45, 7) is 6.60. The van der Waals surface area contributed by atoms with Gasteiger partial charge in [0.1, 0.15) is 0 Å². The van der Waals surface area contributed by atoms with E-state index in [1.165, 1.54) is 5.56 Å². The Hall–Kier alpha value is -1.64. The molecule has 0 saturated heterocycles. The Balaban J connectivity index is 2.17. The van der Waals surface area contributed by atoms with Crippen LogP contribution in [0.1, 0.15) is 31.4 Å². The number of carbonyl (C=O) groups excluding carboxylic acids is 1. The van der Waals surface area contributed by atoms with E-state index < -0.39 is 0 Å². The number of carbonyl (C=O) groups is 1. The lowest BCUT2D eigenvalue weighted by molar-refractivity contribution is -0.132. The predicted molar refractivity (Wildman–Crippen MR) is 68.6 cm³/mol. The van der Waals surface area contributed by atoms with Gasteiger partial charge in [-0.1, -0.05) is 31.2 Å². The van der Waals surface area contributed by atoms with E-state index in [-0.39, 0.29) is 11.8 Å². The lowest BCUT2D eigenvalue weighted by atomic mass is 10.0. The van der Waals surface area contributed by atoms with Crippen LogP contribution >= 0.6 is 0 Å². The monoisotopic (exact) mass is 230 g/mol. The van der Waals surface area contributed by atoms with Crippen LogP contribution in [0.5, 0.6) is 0 Å². The van der Waals surface area contributed by atoms with Crippen molar-refractivity contribution in [2.75, 3.05) is 0 Å². The summed E-state index contributed by atoms with van der Waals surface area (Å²) < 4.78 is 0. The molecule has 17 heavy (non-hydrogen) atoms. The van der Waals surface area contributed by atoms with E-state index >= 15 is 0 Å². The fraction of sp³-hybridized carbons (Fsp3) is 0.429. The number of aryl methyl sites for hydroxylation is 1. The first-order valence-corrected chi connectivity index (χ1v) is 6.04. The van der Waals surface area contributed by atoms with Crippen LogP contribution in [0.25, 0.3) is 0 Å². The van der Waals surface area contributed by atoms with Gasteiger partial charge in [0, 0.05) is 5.71 Å². The SMILES string of the molecule is CCC1C(=O)N(Cc2ccccc2C)N=C1C. The lowest BCUT2D eigenvalue weighted by Crippen LogP contribution is -2.26. The Labute approximate surface area is 102 Å². The van der Waals surface area contributed by atoms with Crippen LogP contribution in [0, 0.1) is 12.8 Å². The smallest absolute Gasteiger partial charge is 0.251 e. The van der Waals surface area contributed by atoms with Gasteiger partial charge in [0.05, 0.1) is 12.5 Å². The minimum atomic E-state index is -0.0148. The third kappa shape index (κ3) is 2.23. The average molecular weight is 230 g/mol. The van der Waals surface area contributed by atoms with E-state index in [4.69, 9.17) is 0 Å². The van der Waals surface area contributed by atoms with E-state index in [0.29, 0.717) is 6.54 Å². The second kappa shape index (κ2) is 4.70. The van der Waals surface area contributed by atoms with Crippen LogP contribution in [-0.2, 0) is 11.3 Å². The molecule has 0 spiro atoms. The molecule has 1 aliphatic rings. The molecule has 1 amide bonds. The molecule has 1 atom stereocenters. The third-order valence-corrected chi connectivity index (χ3v) is 3.32. The van der Waals surface area contributed by atoms with E-state index in [1.54, 1.807) is 5.01 Å². The van der Waals surface area contributed by atoms with Crippen molar-refractivity contribution in [1.29, 1.82) is 0 Å². The summed E-state index contributed by atoms with van der Waals surface area (Å²) in [4.78, 5) is 12.1. The first-order valence-electron chi connectivity index (χ1n) is 6.04. The van der Waals surface area contributed by atoms with Crippen LogP contribution in [0.3, 0.4) is 0 Å². The Bertz CT molecular complexity index is 465. The molecule has 0 aromatic heterocycles. The summed E-state index contributed by atoms with van der Waals surface area (Å²) in [5.41, 5.74) is 3.30. The van der Waals surface area contributed by atoms with Crippen molar-refractivity contribution in [1.82, 2.24) is 5.01 Å². The molecule has 1 unspecified atom stereocenters. The summed E-state index contributed by atoms with van der Waals surface area (Å²) in [5.74, 6) is 0.118. The topological polar surface area (TPSA) is 32.7 Å². The molecular formula is C14H18N2O. The molecule has 90 valence electrons. The Morgan fingerprint density at radius 1 is 1.29 bits per heavy atom. The van der Waals surface area contributed by atoms with Gasteiger partial charge in [-0.3, -0.25) is 4.79 Å². The van der Waals surface area contributed by atoms with E-state index in [2.05, 4.69) is 18.1 Å². The van der Waals surface area contributed by atoms with Gasteiger partial charge in [-0.05, 0) is 31.4 Å². The highest BCUT2D eigenvalue weighted by Gasteiger charge is 2.31. The number of nitrogens with zero attached hydrogens (tertiary/aromatic N) is 2. The Morgan fingerprint density at radius 3 is 2.59 bits per heavy atom. The summed E-state index contributed by atoms with van der Waals surface area (Å²) in [7, 11) is 0. The van der Waals surface area contributed by atoms with Gasteiger partial charge >= 0.3 is 0 Å². The molecule has 2 rings (SSSR count). The molecule has 3 heteroatoms. The second-order valence-corrected chi connectivity index (χ2v) is 4.52. The molecular weight excluding hydrogens is 212 g/mol. The van der Waals surface area contributed by atoms with Crippen molar-refractivity contribution in [3.63, 3.8) is 0 Å². The first-order chi connectivity index (χ1) is 8.13. The van der Waals surface area contributed by atoms with Gasteiger partial charge < -0.3 is 0 Å². The van der Waals surface area contributed by atoms with Crippen molar-refractivity contribution >= 4 is 11.6 Å². The van der Waals surface area contributed by atoms with Crippen LogP contribution < -0.4 is 0 Å². The van der Waals surface area contributed by atoms with Gasteiger partial charge in [-0.25, -0.2) is 5.01 Å². The fourth-order valence-corrected chi connectivity index (χ4v) is 2.20. The highest BCUT2D eigenvalue weighted by atomic mass is 16.2. The first kappa shape index (κ1) is 11.8. The van der Waals surface area contributed by atoms with Crippen LogP contribution in [0.4, 0.5) is 0 Å². The van der Waals surface area contributed by atoms with Gasteiger partial charge in [-0.2, -0.15) is 5.10 Å². The number of amides is 1. The quantitative estimate of drug-likeness (QED) is 0.785. The molecule has 0 aliphatic carbocycles. The summed E-state index contributed by atoms with van der Waals surface area (Å²) >= 11 is 0. The van der Waals surface area contributed by atoms with Crippen molar-refractivity contribution in [2.45, 2.75) is 33.7 Å². The molecule has 1 aromatic carbocycles. The Morgan fingerprint density at radius 2 is 2.00 bits per heavy atom. The normalized spacial score (nSPS) is 19.7. The van der Waals surface area contributed by atoms with Crippen molar-refractivity contribution in [2.24, 2.45) is 11.0 Å². The highest BCUT2D eigenvalue weighted by molar-refractivity contribution is 6.06. The summed E-state index contributed by atoms with van der Waals surface area (Å²) in [5, 5.41) is 5.96. The molecule has 1 aliphatic heterocycles. The number of hydrogen-bond donors (Lipinski definition) is 0. The highest BCUT2D eigenvalue weighted by Crippen LogP contribution is 2.21. The molecule has 3 nitrogen and oxygen atoms in total. The van der Waals surface area contributed by atoms with Gasteiger partial charge in [0.2, 0.25) is 0 Å². The number of hydrazone groups is 1. The molecule has 0 N–H and O–H groups in total. The standard InChI is InChI=1S/C14H18N2O/c1-4-13-11(3)15-16(14(13)17)9-12-8-6-5-7-10(12)2/h5-8,13H,4,9H2,1-3H3. The fourth-order valence-electron chi connectivity index (χ4n) is 2.20. The van der Waals surface area contributed by atoms with Crippen LogP contribution in [-0.4, -0.2) is 16.6 Å². The molecule has 0 radical (unpaired) electrons. The van der Waals surface area contributed by atoms with Crippen molar-refractivity contribution < 1.29 is 4.79 Å². The maximum absolute atomic E-state index is 12.1. The van der Waals surface area contributed by atoms with Gasteiger partial charge in [-0.15, -0.1) is 0 Å². The molecule has 0 saturated carbocycles. The van der Waals surface area contributed by atoms with Gasteiger partial charge in [0.15, 0.2) is 0 Å². The van der Waals surface area contributed by atoms with Crippen molar-refractivity contribution in [3.8, 4) is 0 Å². The maximum atomic E-state index is 12.1. The molecule has 1 heterocycles. The minimum absolute atomic E-state index is 0.0148. The number of hydrogen-bond acceptors (Lipinski definition) is 2. The number of benzene rings is 1. The van der Waals surface area contributed by atoms with E-state index in [1.807, 2.05) is 32.0 Å². The van der Waals surface area contributed by atoms with Gasteiger partial charge in [0.25, 0.3) is 5.91 Å². The second-order valence-electron chi connectivity index (χ2n) is 4.52. The number of rotatable bonds is 3. The van der Waals surface area contributed by atoms with Crippen molar-refractivity contribution in [3.05, 3.63) is 35.4 Å². The predicted octanol–water partition coefficient (Wildman–Crippen LogP) is 2.74. The largest absolute Gasteiger partial charge is 0.272 e. The molecule has 0 fully saturated rings. The van der Waals surface area contributed by atoms with E-state index in [0.717, 1.165) is 17.7 Å². The Kier molecular flexibility index (Phi) is 3.27. The molecule has 1 aromatic rings. The summed E-state index contributed by atoms with van der Waals surface area (Å²) in [6.07, 6.45) is 0.832. The zero-order valence-electron chi connectivity index (χ0n) is 10.6. The summed E-state index contributed by atoms with van der Waals surface area (Å²) in [6, 6.07) is 8.11. The van der Waals surface area contributed by atoms with E-state index in [9.17, 15) is 4.79 Å². The van der Waals surface area contributed by atoms with Crippen LogP contribution in [0.15, 0.2) is 29.4 Å². The average Bonchev–Trinajstić information content (AvgIpc) is 2.57. The third-order valence-electron chi connectivity index (χ3n) is 3.32. The molecule has 0 bridgehead atoms. The minimum Gasteiger partial charge on any atom is -0.272 e.